The number of ether oxygens (including phenoxy) is 3. The first kappa shape index (κ1) is 19.9. The highest BCUT2D eigenvalue weighted by molar-refractivity contribution is 7.16. The van der Waals surface area contributed by atoms with Gasteiger partial charge in [-0.2, -0.15) is 4.99 Å². The highest BCUT2D eigenvalue weighted by Gasteiger charge is 2.19. The van der Waals surface area contributed by atoms with Crippen LogP contribution in [0.5, 0.6) is 11.5 Å². The van der Waals surface area contributed by atoms with Crippen molar-refractivity contribution in [2.24, 2.45) is 4.99 Å². The smallest absolute Gasteiger partial charge is 0.325 e. The summed E-state index contributed by atoms with van der Waals surface area (Å²) in [5, 5.41) is 0.545. The summed E-state index contributed by atoms with van der Waals surface area (Å²) in [5.74, 6) is -0.322. The first-order valence-corrected chi connectivity index (χ1v) is 9.33. The monoisotopic (exact) mass is 420 g/mol. The van der Waals surface area contributed by atoms with E-state index in [1.807, 2.05) is 0 Å². The molecule has 0 spiro atoms. The molecule has 2 aromatic carbocycles. The van der Waals surface area contributed by atoms with Gasteiger partial charge < -0.3 is 18.8 Å². The Labute approximate surface area is 169 Å². The van der Waals surface area contributed by atoms with Gasteiger partial charge >= 0.3 is 5.97 Å². The normalized spacial score (nSPS) is 11.5. The molecule has 0 aliphatic carbocycles. The first-order valence-electron chi connectivity index (χ1n) is 8.14. The zero-order valence-electron chi connectivity index (χ0n) is 15.4. The van der Waals surface area contributed by atoms with Crippen LogP contribution in [0.25, 0.3) is 10.2 Å². The van der Waals surface area contributed by atoms with Crippen LogP contribution in [0.2, 0.25) is 5.02 Å². The molecule has 3 rings (SSSR count). The molecule has 0 saturated carbocycles. The van der Waals surface area contributed by atoms with Crippen LogP contribution in [-0.2, 0) is 16.1 Å². The van der Waals surface area contributed by atoms with Crippen LogP contribution in [0.15, 0.2) is 41.4 Å². The summed E-state index contributed by atoms with van der Waals surface area (Å²) < 4.78 is 17.7. The molecule has 0 saturated heterocycles. The number of hydrogen-bond acceptors (Lipinski definition) is 6. The predicted molar refractivity (Wildman–Crippen MR) is 106 cm³/mol. The summed E-state index contributed by atoms with van der Waals surface area (Å²) in [4.78, 5) is 29.4. The lowest BCUT2D eigenvalue weighted by molar-refractivity contribution is -0.141. The highest BCUT2D eigenvalue weighted by atomic mass is 35.5. The topological polar surface area (TPSA) is 79.1 Å². The second kappa shape index (κ2) is 8.45. The SMILES string of the molecule is COC(=O)Cn1c(=NC(=O)c2c(OC)cccc2OC)sc2cc(Cl)ccc21. The molecule has 0 fully saturated rings. The minimum absolute atomic E-state index is 0.0900. The number of amides is 1. The van der Waals surface area contributed by atoms with Crippen molar-refractivity contribution in [3.63, 3.8) is 0 Å². The predicted octanol–water partition coefficient (Wildman–Crippen LogP) is 3.29. The molecule has 0 unspecified atom stereocenters. The largest absolute Gasteiger partial charge is 0.496 e. The lowest BCUT2D eigenvalue weighted by atomic mass is 10.1. The number of hydrogen-bond donors (Lipinski definition) is 0. The van der Waals surface area contributed by atoms with Crippen LogP contribution in [0.1, 0.15) is 10.4 Å². The van der Waals surface area contributed by atoms with Crippen LogP contribution >= 0.6 is 22.9 Å². The number of thiazole rings is 1. The zero-order chi connectivity index (χ0) is 20.3. The van der Waals surface area contributed by atoms with Gasteiger partial charge in [-0.25, -0.2) is 0 Å². The summed E-state index contributed by atoms with van der Waals surface area (Å²) in [6, 6.07) is 10.2. The number of benzene rings is 2. The summed E-state index contributed by atoms with van der Waals surface area (Å²) in [6.07, 6.45) is 0. The molecule has 1 heterocycles. The third-order valence-corrected chi connectivity index (χ3v) is 5.27. The van der Waals surface area contributed by atoms with Gasteiger partial charge in [0.25, 0.3) is 5.91 Å². The van der Waals surface area contributed by atoms with E-state index in [0.717, 1.165) is 10.2 Å². The fourth-order valence-corrected chi connectivity index (χ4v) is 3.99. The molecule has 0 radical (unpaired) electrons. The Hall–Kier alpha value is -2.84. The molecule has 146 valence electrons. The average Bonchev–Trinajstić information content (AvgIpc) is 3.02. The number of methoxy groups -OCH3 is 3. The molecule has 1 aromatic heterocycles. The maximum atomic E-state index is 12.9. The van der Waals surface area contributed by atoms with Crippen molar-refractivity contribution in [1.82, 2.24) is 4.57 Å². The first-order chi connectivity index (χ1) is 13.5. The van der Waals surface area contributed by atoms with Gasteiger partial charge in [-0.15, -0.1) is 0 Å². The van der Waals surface area contributed by atoms with E-state index in [1.54, 1.807) is 41.0 Å². The van der Waals surface area contributed by atoms with Crippen molar-refractivity contribution < 1.29 is 23.8 Å². The van der Waals surface area contributed by atoms with Gasteiger partial charge in [-0.3, -0.25) is 9.59 Å². The molecule has 1 amide bonds. The van der Waals surface area contributed by atoms with E-state index in [9.17, 15) is 9.59 Å². The quantitative estimate of drug-likeness (QED) is 0.592. The van der Waals surface area contributed by atoms with Crippen molar-refractivity contribution in [1.29, 1.82) is 0 Å². The number of fused-ring (bicyclic) bond motifs is 1. The summed E-state index contributed by atoms with van der Waals surface area (Å²) >= 11 is 7.31. The molecule has 0 aliphatic heterocycles. The van der Waals surface area contributed by atoms with Crippen molar-refractivity contribution >= 4 is 45.0 Å². The number of halogens is 1. The van der Waals surface area contributed by atoms with Gasteiger partial charge in [-0.05, 0) is 30.3 Å². The second-order valence-corrected chi connectivity index (χ2v) is 7.06. The summed E-state index contributed by atoms with van der Waals surface area (Å²) in [5.41, 5.74) is 0.922. The van der Waals surface area contributed by atoms with Crippen LogP contribution in [0.3, 0.4) is 0 Å². The zero-order valence-corrected chi connectivity index (χ0v) is 17.0. The van der Waals surface area contributed by atoms with E-state index >= 15 is 0 Å². The number of carbonyl (C=O) groups is 2. The Bertz CT molecular complexity index is 1100. The molecule has 0 bridgehead atoms. The Kier molecular flexibility index (Phi) is 6.01. The van der Waals surface area contributed by atoms with Gasteiger partial charge in [0.05, 0.1) is 31.5 Å². The van der Waals surface area contributed by atoms with E-state index in [4.69, 9.17) is 25.8 Å². The number of nitrogens with zero attached hydrogens (tertiary/aromatic N) is 2. The molecular formula is C19H17ClN2O5S. The third-order valence-electron chi connectivity index (χ3n) is 4.00. The minimum atomic E-state index is -0.550. The van der Waals surface area contributed by atoms with E-state index in [2.05, 4.69) is 4.99 Å². The molecule has 7 nitrogen and oxygen atoms in total. The van der Waals surface area contributed by atoms with Crippen molar-refractivity contribution in [3.8, 4) is 11.5 Å². The Morgan fingerprint density at radius 2 is 1.79 bits per heavy atom. The lowest BCUT2D eigenvalue weighted by Crippen LogP contribution is -2.22. The second-order valence-electron chi connectivity index (χ2n) is 5.61. The number of esters is 1. The van der Waals surface area contributed by atoms with Gasteiger partial charge in [0.15, 0.2) is 4.80 Å². The molecule has 0 atom stereocenters. The Morgan fingerprint density at radius 1 is 1.11 bits per heavy atom. The van der Waals surface area contributed by atoms with Crippen molar-refractivity contribution in [2.45, 2.75) is 6.54 Å². The van der Waals surface area contributed by atoms with Crippen LogP contribution in [0.4, 0.5) is 0 Å². The van der Waals surface area contributed by atoms with E-state index in [-0.39, 0.29) is 12.1 Å². The van der Waals surface area contributed by atoms with Gasteiger partial charge in [0.2, 0.25) is 0 Å². The highest BCUT2D eigenvalue weighted by Crippen LogP contribution is 2.29. The summed E-state index contributed by atoms with van der Waals surface area (Å²) in [7, 11) is 4.23. The lowest BCUT2D eigenvalue weighted by Gasteiger charge is -2.09. The van der Waals surface area contributed by atoms with Crippen molar-refractivity contribution in [3.05, 3.63) is 51.8 Å². The van der Waals surface area contributed by atoms with Crippen molar-refractivity contribution in [2.75, 3.05) is 21.3 Å². The molecule has 0 aliphatic rings. The van der Waals surface area contributed by atoms with Gasteiger partial charge in [-0.1, -0.05) is 29.0 Å². The standard InChI is InChI=1S/C19H17ClN2O5S/c1-25-13-5-4-6-14(26-2)17(13)18(24)21-19-22(10-16(23)27-3)12-8-7-11(20)9-15(12)28-19/h4-9H,10H2,1-3H3. The molecular weight excluding hydrogens is 404 g/mol. The third kappa shape index (κ3) is 3.88. The molecule has 0 N–H and O–H groups in total. The molecule has 28 heavy (non-hydrogen) atoms. The molecule has 9 heteroatoms. The van der Waals surface area contributed by atoms with Crippen LogP contribution in [-0.4, -0.2) is 37.8 Å². The fraction of sp³-hybridized carbons (Fsp3) is 0.211. The van der Waals surface area contributed by atoms with Crippen LogP contribution in [0, 0.1) is 0 Å². The van der Waals surface area contributed by atoms with E-state index in [1.165, 1.54) is 32.7 Å². The maximum Gasteiger partial charge on any atom is 0.325 e. The fourth-order valence-electron chi connectivity index (χ4n) is 2.68. The summed E-state index contributed by atoms with van der Waals surface area (Å²) in [6.45, 7) is -0.0900. The van der Waals surface area contributed by atoms with E-state index in [0.29, 0.717) is 21.3 Å². The van der Waals surface area contributed by atoms with Gasteiger partial charge in [0.1, 0.15) is 23.6 Å². The van der Waals surface area contributed by atoms with Gasteiger partial charge in [0, 0.05) is 5.02 Å². The Balaban J connectivity index is 2.20. The van der Waals surface area contributed by atoms with Crippen LogP contribution < -0.4 is 14.3 Å². The molecule has 3 aromatic rings. The Morgan fingerprint density at radius 3 is 2.39 bits per heavy atom. The average molecular weight is 421 g/mol. The number of aromatic nitrogens is 1. The maximum absolute atomic E-state index is 12.9. The minimum Gasteiger partial charge on any atom is -0.496 e. The number of rotatable bonds is 5. The van der Waals surface area contributed by atoms with E-state index < -0.39 is 11.9 Å². The number of carbonyl (C=O) groups excluding carboxylic acids is 2.